The van der Waals surface area contributed by atoms with Crippen molar-refractivity contribution in [2.75, 3.05) is 13.2 Å². The molecule has 0 amide bonds. The Morgan fingerprint density at radius 3 is 2.59 bits per heavy atom. The van der Waals surface area contributed by atoms with Crippen LogP contribution in [0.3, 0.4) is 0 Å². The smallest absolute Gasteiger partial charge is 0.416 e. The van der Waals surface area contributed by atoms with Crippen LogP contribution >= 0.6 is 0 Å². The van der Waals surface area contributed by atoms with E-state index in [9.17, 15) is 17.6 Å². The van der Waals surface area contributed by atoms with Gasteiger partial charge in [-0.25, -0.2) is 9.37 Å². The number of nitrogens with zero attached hydrogens (tertiary/aromatic N) is 3. The van der Waals surface area contributed by atoms with Crippen molar-refractivity contribution in [1.29, 1.82) is 0 Å². The molecule has 2 aromatic heterocycles. The van der Waals surface area contributed by atoms with Gasteiger partial charge in [-0.2, -0.15) is 18.3 Å². The molecular weight excluding hydrogens is 578 g/mol. The van der Waals surface area contributed by atoms with Crippen LogP contribution in [0.1, 0.15) is 66.1 Å². The minimum atomic E-state index is -4.60. The van der Waals surface area contributed by atoms with Gasteiger partial charge >= 0.3 is 6.18 Å². The predicted octanol–water partition coefficient (Wildman–Crippen LogP) is 7.89. The highest BCUT2D eigenvalue weighted by Crippen LogP contribution is 2.30. The van der Waals surface area contributed by atoms with Crippen molar-refractivity contribution >= 4 is 12.2 Å². The number of hydrogen-bond donors (Lipinski definition) is 0. The van der Waals surface area contributed by atoms with E-state index in [1.54, 1.807) is 0 Å². The van der Waals surface area contributed by atoms with Gasteiger partial charge in [-0.05, 0) is 86.9 Å². The van der Waals surface area contributed by atoms with E-state index in [0.717, 1.165) is 75.9 Å². The van der Waals surface area contributed by atoms with Gasteiger partial charge in [0.15, 0.2) is 6.29 Å². The molecule has 1 atom stereocenters. The molecule has 234 valence electrons. The van der Waals surface area contributed by atoms with Crippen LogP contribution in [-0.2, 0) is 41.6 Å². The first-order valence-corrected chi connectivity index (χ1v) is 14.8. The second kappa shape index (κ2) is 15.2. The second-order valence-corrected chi connectivity index (χ2v) is 10.6. The van der Waals surface area contributed by atoms with Crippen LogP contribution < -0.4 is 4.74 Å². The second-order valence-electron chi connectivity index (χ2n) is 10.6. The number of alkyl halides is 3. The van der Waals surface area contributed by atoms with Crippen LogP contribution in [0.25, 0.3) is 12.2 Å². The molecule has 1 fully saturated rings. The maximum absolute atomic E-state index is 14.0. The van der Waals surface area contributed by atoms with Gasteiger partial charge in [-0.3, -0.25) is 4.68 Å². The van der Waals surface area contributed by atoms with Gasteiger partial charge in [0, 0.05) is 24.4 Å². The third kappa shape index (κ3) is 9.52. The van der Waals surface area contributed by atoms with E-state index >= 15 is 0 Å². The summed E-state index contributed by atoms with van der Waals surface area (Å²) in [4.78, 5) is 4.26. The lowest BCUT2D eigenvalue weighted by atomic mass is 10.1. The number of aryl methyl sites for hydroxylation is 2. The average molecular weight is 614 g/mol. The third-order valence-electron chi connectivity index (χ3n) is 7.22. The van der Waals surface area contributed by atoms with Crippen molar-refractivity contribution in [3.8, 4) is 5.75 Å². The maximum Gasteiger partial charge on any atom is 0.416 e. The molecule has 1 aliphatic heterocycles. The fourth-order valence-corrected chi connectivity index (χ4v) is 4.79. The predicted molar refractivity (Wildman–Crippen MR) is 156 cm³/mol. The van der Waals surface area contributed by atoms with Gasteiger partial charge in [-0.1, -0.05) is 18.2 Å². The molecule has 1 aliphatic rings. The maximum atomic E-state index is 14.0. The number of aromatic nitrogens is 3. The number of benzene rings is 2. The van der Waals surface area contributed by atoms with Crippen LogP contribution in [-0.4, -0.2) is 34.3 Å². The zero-order chi connectivity index (χ0) is 30.8. The van der Waals surface area contributed by atoms with Crippen molar-refractivity contribution in [2.45, 2.75) is 70.6 Å². The Morgan fingerprint density at radius 2 is 1.82 bits per heavy atom. The molecule has 11 heteroatoms. The minimum absolute atomic E-state index is 0.00751. The van der Waals surface area contributed by atoms with E-state index in [4.69, 9.17) is 18.6 Å². The normalized spacial score (nSPS) is 15.7. The Labute approximate surface area is 253 Å². The van der Waals surface area contributed by atoms with Crippen molar-refractivity contribution < 1.29 is 36.2 Å². The summed E-state index contributed by atoms with van der Waals surface area (Å²) in [5.41, 5.74) is 1.77. The van der Waals surface area contributed by atoms with Crippen LogP contribution in [0.5, 0.6) is 5.75 Å². The number of rotatable bonds is 14. The summed E-state index contributed by atoms with van der Waals surface area (Å²) in [6.45, 7) is 2.26. The SMILES string of the molecule is Fc1cc(C(F)(F)F)ccc1/C=C/c1nc(COc2ccc(CCCCc3ccn(CCOC4CCCCO4)n3)cc2)co1. The quantitative estimate of drug-likeness (QED) is 0.106. The standard InChI is InChI=1S/C33H35F4N3O4/c34-30-21-26(33(35,36)37)12-10-25(30)11-15-31-38-28(23-44-31)22-43-29-13-8-24(9-14-29)5-1-2-6-27-16-17-40(39-27)18-20-42-32-7-3-4-19-41-32/h8-17,21,23,32H,1-7,18-20,22H2/b15-11+. The van der Waals surface area contributed by atoms with Crippen molar-refractivity contribution in [3.63, 3.8) is 0 Å². The van der Waals surface area contributed by atoms with E-state index in [0.29, 0.717) is 24.1 Å². The molecule has 1 saturated heterocycles. The Balaban J connectivity index is 0.986. The monoisotopic (exact) mass is 613 g/mol. The van der Waals surface area contributed by atoms with Crippen molar-refractivity contribution in [3.05, 3.63) is 101 Å². The Morgan fingerprint density at radius 1 is 0.977 bits per heavy atom. The van der Waals surface area contributed by atoms with Gasteiger partial charge in [0.05, 0.1) is 24.4 Å². The molecule has 5 rings (SSSR count). The Kier molecular flexibility index (Phi) is 10.8. The summed E-state index contributed by atoms with van der Waals surface area (Å²) < 4.78 is 76.6. The first-order valence-electron chi connectivity index (χ1n) is 14.8. The molecule has 0 aliphatic carbocycles. The molecule has 2 aromatic carbocycles. The summed E-state index contributed by atoms with van der Waals surface area (Å²) in [5, 5.41) is 4.65. The zero-order valence-electron chi connectivity index (χ0n) is 24.3. The van der Waals surface area contributed by atoms with Gasteiger partial charge < -0.3 is 18.6 Å². The van der Waals surface area contributed by atoms with E-state index in [1.165, 1.54) is 24.0 Å². The van der Waals surface area contributed by atoms with Crippen molar-refractivity contribution in [2.24, 2.45) is 0 Å². The van der Waals surface area contributed by atoms with E-state index in [1.807, 2.05) is 35.1 Å². The molecule has 44 heavy (non-hydrogen) atoms. The van der Waals surface area contributed by atoms with E-state index in [-0.39, 0.29) is 24.4 Å². The molecule has 1 unspecified atom stereocenters. The topological polar surface area (TPSA) is 71.5 Å². The van der Waals surface area contributed by atoms with Crippen LogP contribution in [0.15, 0.2) is 65.4 Å². The molecule has 0 saturated carbocycles. The first kappa shape index (κ1) is 31.5. The van der Waals surface area contributed by atoms with Crippen LogP contribution in [0.4, 0.5) is 17.6 Å². The summed E-state index contributed by atoms with van der Waals surface area (Å²) in [6.07, 6.45) is 8.63. The Bertz CT molecular complexity index is 1490. The summed E-state index contributed by atoms with van der Waals surface area (Å²) in [5.74, 6) is -0.113. The first-order chi connectivity index (χ1) is 21.3. The number of halogens is 4. The Hall–Kier alpha value is -3.96. The molecule has 3 heterocycles. The number of hydrogen-bond acceptors (Lipinski definition) is 6. The summed E-state index contributed by atoms with van der Waals surface area (Å²) in [6, 6.07) is 12.3. The molecule has 0 radical (unpaired) electrons. The lowest BCUT2D eigenvalue weighted by Crippen LogP contribution is -2.24. The van der Waals surface area contributed by atoms with Gasteiger partial charge in [0.25, 0.3) is 0 Å². The van der Waals surface area contributed by atoms with Gasteiger partial charge in [-0.15, -0.1) is 0 Å². The largest absolute Gasteiger partial charge is 0.487 e. The lowest BCUT2D eigenvalue weighted by molar-refractivity contribution is -0.163. The fourth-order valence-electron chi connectivity index (χ4n) is 4.79. The zero-order valence-corrected chi connectivity index (χ0v) is 24.3. The van der Waals surface area contributed by atoms with Crippen LogP contribution in [0, 0.1) is 5.82 Å². The number of ether oxygens (including phenoxy) is 3. The van der Waals surface area contributed by atoms with E-state index < -0.39 is 17.6 Å². The average Bonchev–Trinajstić information content (AvgIpc) is 3.68. The summed E-state index contributed by atoms with van der Waals surface area (Å²) >= 11 is 0. The number of oxazole rings is 1. The molecule has 0 spiro atoms. The number of unbranched alkanes of at least 4 members (excludes halogenated alkanes) is 1. The molecule has 4 aromatic rings. The molecular formula is C33H35F4N3O4. The fraction of sp³-hybridized carbons (Fsp3) is 0.394. The van der Waals surface area contributed by atoms with Gasteiger partial charge in [0.2, 0.25) is 5.89 Å². The van der Waals surface area contributed by atoms with Crippen LogP contribution in [0.2, 0.25) is 0 Å². The van der Waals surface area contributed by atoms with Crippen molar-refractivity contribution in [1.82, 2.24) is 14.8 Å². The third-order valence-corrected chi connectivity index (χ3v) is 7.22. The molecule has 0 N–H and O–H groups in total. The summed E-state index contributed by atoms with van der Waals surface area (Å²) in [7, 11) is 0. The van der Waals surface area contributed by atoms with Gasteiger partial charge in [0.1, 0.15) is 30.1 Å². The van der Waals surface area contributed by atoms with E-state index in [2.05, 4.69) is 16.1 Å². The molecule has 0 bridgehead atoms. The minimum Gasteiger partial charge on any atom is -0.487 e. The highest BCUT2D eigenvalue weighted by atomic mass is 19.4. The highest BCUT2D eigenvalue weighted by molar-refractivity contribution is 5.66. The lowest BCUT2D eigenvalue weighted by Gasteiger charge is -2.22. The highest BCUT2D eigenvalue weighted by Gasteiger charge is 2.31. The molecule has 7 nitrogen and oxygen atoms in total.